The number of aliphatic hydroxyl groups is 2. The third-order valence-corrected chi connectivity index (χ3v) is 6.65. The summed E-state index contributed by atoms with van der Waals surface area (Å²) in [5.41, 5.74) is 0. The molecular formula is C28H56O4. The molecule has 2 unspecified atom stereocenters. The van der Waals surface area contributed by atoms with Gasteiger partial charge in [-0.15, -0.1) is 0 Å². The first-order valence-electron chi connectivity index (χ1n) is 14.1. The van der Waals surface area contributed by atoms with E-state index in [9.17, 15) is 15.0 Å². The third-order valence-electron chi connectivity index (χ3n) is 6.65. The van der Waals surface area contributed by atoms with Crippen molar-refractivity contribution in [1.82, 2.24) is 0 Å². The lowest BCUT2D eigenvalue weighted by Crippen LogP contribution is -2.13. The van der Waals surface area contributed by atoms with Gasteiger partial charge in [0.05, 0.1) is 12.2 Å². The second-order valence-corrected chi connectivity index (χ2v) is 9.97. The van der Waals surface area contributed by atoms with E-state index in [1.54, 1.807) is 0 Å². The molecule has 0 spiro atoms. The summed E-state index contributed by atoms with van der Waals surface area (Å²) >= 11 is 0. The van der Waals surface area contributed by atoms with Crippen molar-refractivity contribution in [1.29, 1.82) is 0 Å². The Hall–Kier alpha value is -0.610. The predicted octanol–water partition coefficient (Wildman–Crippen LogP) is 8.18. The van der Waals surface area contributed by atoms with Crippen molar-refractivity contribution in [3.63, 3.8) is 0 Å². The van der Waals surface area contributed by atoms with E-state index in [0.717, 1.165) is 64.2 Å². The van der Waals surface area contributed by atoms with Gasteiger partial charge in [0.1, 0.15) is 0 Å². The van der Waals surface area contributed by atoms with Gasteiger partial charge in [-0.05, 0) is 32.1 Å². The highest BCUT2D eigenvalue weighted by molar-refractivity contribution is 5.66. The molecule has 192 valence electrons. The number of unbranched alkanes of at least 4 members (excludes halogenated alkanes) is 17. The fraction of sp³-hybridized carbons (Fsp3) is 0.964. The fourth-order valence-electron chi connectivity index (χ4n) is 4.43. The number of rotatable bonds is 26. The molecule has 0 aliphatic rings. The van der Waals surface area contributed by atoms with Gasteiger partial charge in [-0.3, -0.25) is 4.79 Å². The quantitative estimate of drug-likeness (QED) is 0.115. The van der Waals surface area contributed by atoms with E-state index >= 15 is 0 Å². The van der Waals surface area contributed by atoms with E-state index < -0.39 is 5.97 Å². The van der Waals surface area contributed by atoms with E-state index in [1.165, 1.54) is 83.5 Å². The standard InChI is InChI=1S/C28H56O4/c1-2-3-4-5-6-7-8-9-12-15-18-21-26(29)24-25-27(30)22-19-16-13-10-11-14-17-20-23-28(31)32/h26-27,29-30H,2-25H2,1H3,(H,31,32). The van der Waals surface area contributed by atoms with Crippen LogP contribution in [0.3, 0.4) is 0 Å². The minimum atomic E-state index is -0.690. The maximum absolute atomic E-state index is 10.4. The van der Waals surface area contributed by atoms with E-state index in [4.69, 9.17) is 5.11 Å². The molecular weight excluding hydrogens is 400 g/mol. The van der Waals surface area contributed by atoms with Crippen LogP contribution in [0.2, 0.25) is 0 Å². The Kier molecular flexibility index (Phi) is 24.5. The fourth-order valence-corrected chi connectivity index (χ4v) is 4.43. The second-order valence-electron chi connectivity index (χ2n) is 9.97. The Labute approximate surface area is 199 Å². The summed E-state index contributed by atoms with van der Waals surface area (Å²) in [6, 6.07) is 0. The summed E-state index contributed by atoms with van der Waals surface area (Å²) in [4.78, 5) is 10.4. The molecule has 0 aromatic heterocycles. The monoisotopic (exact) mass is 456 g/mol. The van der Waals surface area contributed by atoms with Gasteiger partial charge in [0, 0.05) is 6.42 Å². The summed E-state index contributed by atoms with van der Waals surface area (Å²) in [5, 5.41) is 28.9. The van der Waals surface area contributed by atoms with Crippen LogP contribution >= 0.6 is 0 Å². The highest BCUT2D eigenvalue weighted by Crippen LogP contribution is 2.16. The number of carboxylic acid groups (broad SMARTS) is 1. The van der Waals surface area contributed by atoms with Gasteiger partial charge >= 0.3 is 5.97 Å². The van der Waals surface area contributed by atoms with Crippen LogP contribution in [0, 0.1) is 0 Å². The molecule has 0 radical (unpaired) electrons. The molecule has 0 rings (SSSR count). The first-order chi connectivity index (χ1) is 15.6. The van der Waals surface area contributed by atoms with Crippen LogP contribution in [-0.2, 0) is 4.79 Å². The van der Waals surface area contributed by atoms with Crippen molar-refractivity contribution < 1.29 is 20.1 Å². The Balaban J connectivity index is 3.30. The lowest BCUT2D eigenvalue weighted by Gasteiger charge is -2.14. The SMILES string of the molecule is CCCCCCCCCCCCCC(O)CCC(O)CCCCCCCCCCC(=O)O. The molecule has 2 atom stereocenters. The van der Waals surface area contributed by atoms with Crippen LogP contribution in [0.1, 0.15) is 161 Å². The number of hydrogen-bond acceptors (Lipinski definition) is 3. The number of aliphatic hydroxyl groups excluding tert-OH is 2. The summed E-state index contributed by atoms with van der Waals surface area (Å²) in [7, 11) is 0. The smallest absolute Gasteiger partial charge is 0.303 e. The molecule has 0 aromatic rings. The van der Waals surface area contributed by atoms with Gasteiger partial charge in [-0.1, -0.05) is 122 Å². The highest BCUT2D eigenvalue weighted by Gasteiger charge is 2.09. The molecule has 0 saturated carbocycles. The van der Waals surface area contributed by atoms with Crippen molar-refractivity contribution in [2.45, 2.75) is 173 Å². The van der Waals surface area contributed by atoms with Gasteiger partial charge < -0.3 is 15.3 Å². The van der Waals surface area contributed by atoms with E-state index in [1.807, 2.05) is 0 Å². The van der Waals surface area contributed by atoms with Gasteiger partial charge in [0.25, 0.3) is 0 Å². The van der Waals surface area contributed by atoms with E-state index in [0.29, 0.717) is 6.42 Å². The van der Waals surface area contributed by atoms with Crippen molar-refractivity contribution >= 4 is 5.97 Å². The van der Waals surface area contributed by atoms with Crippen LogP contribution in [0.4, 0.5) is 0 Å². The van der Waals surface area contributed by atoms with Crippen LogP contribution in [0.5, 0.6) is 0 Å². The molecule has 4 heteroatoms. The maximum atomic E-state index is 10.4. The molecule has 0 heterocycles. The molecule has 0 aliphatic heterocycles. The van der Waals surface area contributed by atoms with Gasteiger partial charge in [-0.25, -0.2) is 0 Å². The second kappa shape index (κ2) is 25.0. The molecule has 0 amide bonds. The number of carbonyl (C=O) groups is 1. The first kappa shape index (κ1) is 31.4. The largest absolute Gasteiger partial charge is 0.481 e. The maximum Gasteiger partial charge on any atom is 0.303 e. The molecule has 0 saturated heterocycles. The number of aliphatic carboxylic acids is 1. The average molecular weight is 457 g/mol. The van der Waals surface area contributed by atoms with E-state index in [-0.39, 0.29) is 12.2 Å². The minimum absolute atomic E-state index is 0.246. The Morgan fingerprint density at radius 2 is 0.812 bits per heavy atom. The van der Waals surface area contributed by atoms with Crippen molar-refractivity contribution in [2.24, 2.45) is 0 Å². The predicted molar refractivity (Wildman–Crippen MR) is 136 cm³/mol. The number of hydrogen-bond donors (Lipinski definition) is 3. The topological polar surface area (TPSA) is 77.8 Å². The normalized spacial score (nSPS) is 13.3. The first-order valence-corrected chi connectivity index (χ1v) is 14.1. The molecule has 0 fully saturated rings. The summed E-state index contributed by atoms with van der Waals surface area (Å²) in [6.07, 6.45) is 26.4. The third kappa shape index (κ3) is 25.6. The zero-order chi connectivity index (χ0) is 23.7. The van der Waals surface area contributed by atoms with Crippen molar-refractivity contribution in [3.8, 4) is 0 Å². The molecule has 0 aromatic carbocycles. The summed E-state index contributed by atoms with van der Waals surface area (Å²) in [6.45, 7) is 2.27. The Morgan fingerprint density at radius 1 is 0.500 bits per heavy atom. The molecule has 0 bridgehead atoms. The Bertz CT molecular complexity index is 386. The molecule has 32 heavy (non-hydrogen) atoms. The van der Waals surface area contributed by atoms with Crippen LogP contribution in [0.25, 0.3) is 0 Å². The number of carboxylic acids is 1. The average Bonchev–Trinajstić information content (AvgIpc) is 2.77. The molecule has 3 N–H and O–H groups in total. The minimum Gasteiger partial charge on any atom is -0.481 e. The Morgan fingerprint density at radius 3 is 1.16 bits per heavy atom. The van der Waals surface area contributed by atoms with Gasteiger partial charge in [0.2, 0.25) is 0 Å². The van der Waals surface area contributed by atoms with E-state index in [2.05, 4.69) is 6.92 Å². The van der Waals surface area contributed by atoms with Crippen molar-refractivity contribution in [2.75, 3.05) is 0 Å². The van der Waals surface area contributed by atoms with Crippen LogP contribution < -0.4 is 0 Å². The van der Waals surface area contributed by atoms with Gasteiger partial charge in [-0.2, -0.15) is 0 Å². The van der Waals surface area contributed by atoms with Crippen molar-refractivity contribution in [3.05, 3.63) is 0 Å². The lowest BCUT2D eigenvalue weighted by atomic mass is 9.99. The van der Waals surface area contributed by atoms with Gasteiger partial charge in [0.15, 0.2) is 0 Å². The highest BCUT2D eigenvalue weighted by atomic mass is 16.4. The summed E-state index contributed by atoms with van der Waals surface area (Å²) in [5.74, 6) is -0.690. The zero-order valence-electron chi connectivity index (χ0n) is 21.4. The van der Waals surface area contributed by atoms with Crippen LogP contribution in [-0.4, -0.2) is 33.5 Å². The lowest BCUT2D eigenvalue weighted by molar-refractivity contribution is -0.137. The zero-order valence-corrected chi connectivity index (χ0v) is 21.4. The molecule has 4 nitrogen and oxygen atoms in total. The summed E-state index contributed by atoms with van der Waals surface area (Å²) < 4.78 is 0. The molecule has 0 aliphatic carbocycles. The van der Waals surface area contributed by atoms with Crippen LogP contribution in [0.15, 0.2) is 0 Å².